The first-order valence-corrected chi connectivity index (χ1v) is 5.63. The molecule has 1 fully saturated rings. The Kier molecular flexibility index (Phi) is 4.56. The summed E-state index contributed by atoms with van der Waals surface area (Å²) in [6.07, 6.45) is 0.141. The van der Waals surface area contributed by atoms with Crippen molar-refractivity contribution in [3.8, 4) is 0 Å². The Balaban J connectivity index is 2.53. The molecule has 0 aliphatic carbocycles. The van der Waals surface area contributed by atoms with Gasteiger partial charge in [-0.1, -0.05) is 0 Å². The number of hydrogen-bond acceptors (Lipinski definition) is 4. The Morgan fingerprint density at radius 1 is 1.56 bits per heavy atom. The van der Waals surface area contributed by atoms with Gasteiger partial charge in [-0.3, -0.25) is 0 Å². The summed E-state index contributed by atoms with van der Waals surface area (Å²) in [4.78, 5) is 13.4. The summed E-state index contributed by atoms with van der Waals surface area (Å²) < 4.78 is 10.6. The van der Waals surface area contributed by atoms with Crippen molar-refractivity contribution in [2.75, 3.05) is 26.3 Å². The van der Waals surface area contributed by atoms with Crippen molar-refractivity contribution >= 4 is 6.09 Å². The predicted molar refractivity (Wildman–Crippen MR) is 59.2 cm³/mol. The molecular weight excluding hydrogens is 210 g/mol. The molecule has 1 saturated heterocycles. The van der Waals surface area contributed by atoms with Crippen LogP contribution in [0.1, 0.15) is 27.2 Å². The fourth-order valence-electron chi connectivity index (χ4n) is 1.50. The SMILES string of the molecule is CC(C)(C)OC(=O)N1CCCO[C@H](CO)C1. The number of rotatable bonds is 1. The Bertz CT molecular complexity index is 237. The molecule has 0 bridgehead atoms. The van der Waals surface area contributed by atoms with Crippen molar-refractivity contribution in [3.05, 3.63) is 0 Å². The van der Waals surface area contributed by atoms with Crippen LogP contribution in [0.5, 0.6) is 0 Å². The van der Waals surface area contributed by atoms with Gasteiger partial charge in [0, 0.05) is 13.2 Å². The van der Waals surface area contributed by atoms with E-state index in [1.54, 1.807) is 4.90 Å². The van der Waals surface area contributed by atoms with E-state index in [-0.39, 0.29) is 18.8 Å². The van der Waals surface area contributed by atoms with Crippen molar-refractivity contribution in [2.24, 2.45) is 0 Å². The molecule has 1 rings (SSSR count). The van der Waals surface area contributed by atoms with E-state index < -0.39 is 5.60 Å². The van der Waals surface area contributed by atoms with Gasteiger partial charge in [-0.05, 0) is 27.2 Å². The van der Waals surface area contributed by atoms with Gasteiger partial charge >= 0.3 is 6.09 Å². The van der Waals surface area contributed by atoms with E-state index in [0.717, 1.165) is 6.42 Å². The van der Waals surface area contributed by atoms with Gasteiger partial charge in [-0.25, -0.2) is 4.79 Å². The topological polar surface area (TPSA) is 59.0 Å². The number of aliphatic hydroxyl groups is 1. The molecule has 1 N–H and O–H groups in total. The Hall–Kier alpha value is -0.810. The highest BCUT2D eigenvalue weighted by Crippen LogP contribution is 2.13. The number of nitrogens with zero attached hydrogens (tertiary/aromatic N) is 1. The monoisotopic (exact) mass is 231 g/mol. The highest BCUT2D eigenvalue weighted by atomic mass is 16.6. The first-order valence-electron chi connectivity index (χ1n) is 5.63. The fourth-order valence-corrected chi connectivity index (χ4v) is 1.50. The molecule has 16 heavy (non-hydrogen) atoms. The Labute approximate surface area is 96.3 Å². The molecule has 0 spiro atoms. The number of carbonyl (C=O) groups is 1. The lowest BCUT2D eigenvalue weighted by Gasteiger charge is -2.27. The van der Waals surface area contributed by atoms with Crippen molar-refractivity contribution in [3.63, 3.8) is 0 Å². The molecule has 0 saturated carbocycles. The van der Waals surface area contributed by atoms with Gasteiger partial charge in [-0.2, -0.15) is 0 Å². The second-order valence-corrected chi connectivity index (χ2v) is 4.96. The molecule has 5 heteroatoms. The maximum absolute atomic E-state index is 11.8. The summed E-state index contributed by atoms with van der Waals surface area (Å²) >= 11 is 0. The highest BCUT2D eigenvalue weighted by Gasteiger charge is 2.26. The molecule has 0 radical (unpaired) electrons. The van der Waals surface area contributed by atoms with Crippen molar-refractivity contribution < 1.29 is 19.4 Å². The van der Waals surface area contributed by atoms with Crippen LogP contribution in [0.2, 0.25) is 0 Å². The lowest BCUT2D eigenvalue weighted by atomic mass is 10.2. The summed E-state index contributed by atoms with van der Waals surface area (Å²) in [6.45, 7) is 7.02. The van der Waals surface area contributed by atoms with E-state index in [2.05, 4.69) is 0 Å². The number of carbonyl (C=O) groups excluding carboxylic acids is 1. The van der Waals surface area contributed by atoms with Gasteiger partial charge in [0.1, 0.15) is 5.60 Å². The third-order valence-corrected chi connectivity index (χ3v) is 2.21. The molecule has 1 amide bonds. The van der Waals surface area contributed by atoms with Crippen LogP contribution in [0.3, 0.4) is 0 Å². The lowest BCUT2D eigenvalue weighted by Crippen LogP contribution is -2.41. The maximum atomic E-state index is 11.8. The predicted octanol–water partition coefficient (Wildman–Crippen LogP) is 1.00. The first-order chi connectivity index (χ1) is 7.42. The second-order valence-electron chi connectivity index (χ2n) is 4.96. The smallest absolute Gasteiger partial charge is 0.410 e. The summed E-state index contributed by atoms with van der Waals surface area (Å²) in [6, 6.07) is 0. The molecule has 0 aromatic rings. The van der Waals surface area contributed by atoms with Gasteiger partial charge in [0.15, 0.2) is 0 Å². The van der Waals surface area contributed by atoms with Crippen LogP contribution in [0.15, 0.2) is 0 Å². The quantitative estimate of drug-likeness (QED) is 0.731. The largest absolute Gasteiger partial charge is 0.444 e. The zero-order chi connectivity index (χ0) is 12.2. The maximum Gasteiger partial charge on any atom is 0.410 e. The van der Waals surface area contributed by atoms with Crippen LogP contribution >= 0.6 is 0 Å². The molecule has 94 valence electrons. The molecule has 5 nitrogen and oxygen atoms in total. The molecule has 1 heterocycles. The number of ether oxygens (including phenoxy) is 2. The van der Waals surface area contributed by atoms with Crippen molar-refractivity contribution in [1.82, 2.24) is 4.90 Å². The summed E-state index contributed by atoms with van der Waals surface area (Å²) in [5, 5.41) is 9.04. The summed E-state index contributed by atoms with van der Waals surface area (Å²) in [5.41, 5.74) is -0.487. The van der Waals surface area contributed by atoms with Crippen LogP contribution in [0, 0.1) is 0 Å². The van der Waals surface area contributed by atoms with E-state index in [1.165, 1.54) is 0 Å². The molecule has 0 aromatic carbocycles. The van der Waals surface area contributed by atoms with Crippen LogP contribution in [-0.4, -0.2) is 54.1 Å². The zero-order valence-corrected chi connectivity index (χ0v) is 10.2. The van der Waals surface area contributed by atoms with Gasteiger partial charge in [0.05, 0.1) is 19.3 Å². The number of aliphatic hydroxyl groups excluding tert-OH is 1. The first kappa shape index (κ1) is 13.3. The van der Waals surface area contributed by atoms with E-state index in [4.69, 9.17) is 14.6 Å². The molecule has 0 unspecified atom stereocenters. The van der Waals surface area contributed by atoms with Crippen LogP contribution in [-0.2, 0) is 9.47 Å². The van der Waals surface area contributed by atoms with E-state index in [9.17, 15) is 4.79 Å². The second kappa shape index (κ2) is 5.50. The Morgan fingerprint density at radius 3 is 2.81 bits per heavy atom. The van der Waals surface area contributed by atoms with Gasteiger partial charge in [0.2, 0.25) is 0 Å². The van der Waals surface area contributed by atoms with Crippen molar-refractivity contribution in [2.45, 2.75) is 38.9 Å². The fraction of sp³-hybridized carbons (Fsp3) is 0.909. The highest BCUT2D eigenvalue weighted by molar-refractivity contribution is 5.68. The lowest BCUT2D eigenvalue weighted by molar-refractivity contribution is -0.000995. The van der Waals surface area contributed by atoms with Crippen LogP contribution in [0.25, 0.3) is 0 Å². The number of amides is 1. The van der Waals surface area contributed by atoms with Gasteiger partial charge < -0.3 is 19.5 Å². The third kappa shape index (κ3) is 4.37. The standard InChI is InChI=1S/C11H21NO4/c1-11(2,3)16-10(14)12-5-4-6-15-9(7-12)8-13/h9,13H,4-8H2,1-3H3/t9-/m0/s1. The van der Waals surface area contributed by atoms with Gasteiger partial charge in [0.25, 0.3) is 0 Å². The van der Waals surface area contributed by atoms with E-state index in [1.807, 2.05) is 20.8 Å². The molecule has 0 aromatic heterocycles. The normalized spacial score (nSPS) is 22.8. The van der Waals surface area contributed by atoms with Crippen LogP contribution in [0.4, 0.5) is 4.79 Å². The Morgan fingerprint density at radius 2 is 2.25 bits per heavy atom. The molecule has 1 aliphatic heterocycles. The van der Waals surface area contributed by atoms with Crippen molar-refractivity contribution in [1.29, 1.82) is 0 Å². The average molecular weight is 231 g/mol. The summed E-state index contributed by atoms with van der Waals surface area (Å²) in [7, 11) is 0. The van der Waals surface area contributed by atoms with Crippen LogP contribution < -0.4 is 0 Å². The van der Waals surface area contributed by atoms with E-state index in [0.29, 0.717) is 19.7 Å². The average Bonchev–Trinajstić information content (AvgIpc) is 2.39. The summed E-state index contributed by atoms with van der Waals surface area (Å²) in [5.74, 6) is 0. The minimum absolute atomic E-state index is 0.0701. The van der Waals surface area contributed by atoms with Gasteiger partial charge in [-0.15, -0.1) is 0 Å². The third-order valence-electron chi connectivity index (χ3n) is 2.21. The van der Waals surface area contributed by atoms with E-state index >= 15 is 0 Å². The number of hydrogen-bond donors (Lipinski definition) is 1. The molecule has 1 aliphatic rings. The minimum atomic E-state index is -0.487. The molecular formula is C11H21NO4. The minimum Gasteiger partial charge on any atom is -0.444 e. The zero-order valence-electron chi connectivity index (χ0n) is 10.2. The molecule has 1 atom stereocenters.